The van der Waals surface area contributed by atoms with Crippen LogP contribution in [0.25, 0.3) is 0 Å². The van der Waals surface area contributed by atoms with E-state index in [0.717, 1.165) is 0 Å². The molecule has 0 aromatic heterocycles. The van der Waals surface area contributed by atoms with E-state index in [2.05, 4.69) is 0 Å². The van der Waals surface area contributed by atoms with Crippen LogP contribution in [0.3, 0.4) is 0 Å². The fourth-order valence-electron chi connectivity index (χ4n) is 1.48. The summed E-state index contributed by atoms with van der Waals surface area (Å²) in [5.74, 6) is -0.110. The molecule has 0 fully saturated rings. The summed E-state index contributed by atoms with van der Waals surface area (Å²) in [7, 11) is 0. The molecule has 1 aromatic rings. The first kappa shape index (κ1) is 12.5. The zero-order valence-electron chi connectivity index (χ0n) is 9.47. The van der Waals surface area contributed by atoms with Gasteiger partial charge in [-0.05, 0) is 25.1 Å². The molecule has 1 rings (SSSR count). The van der Waals surface area contributed by atoms with Crippen molar-refractivity contribution in [2.24, 2.45) is 0 Å². The maximum absolute atomic E-state index is 11.2. The van der Waals surface area contributed by atoms with Gasteiger partial charge in [0.1, 0.15) is 13.1 Å². The second-order valence-corrected chi connectivity index (χ2v) is 3.50. The summed E-state index contributed by atoms with van der Waals surface area (Å²) >= 11 is 0. The van der Waals surface area contributed by atoms with Gasteiger partial charge in [-0.2, -0.15) is 10.5 Å². The molecule has 0 aliphatic carbocycles. The minimum Gasteiger partial charge on any atom is -0.398 e. The fraction of sp³-hybridized carbons (Fsp3) is 0.250. The van der Waals surface area contributed by atoms with Crippen molar-refractivity contribution in [2.75, 3.05) is 23.7 Å². The van der Waals surface area contributed by atoms with Crippen LogP contribution in [0.2, 0.25) is 0 Å². The SMILES string of the molecule is CC(=O)c1ccc(N(CC#N)CC#N)cc1N. The van der Waals surface area contributed by atoms with Gasteiger partial charge in [0.05, 0.1) is 12.1 Å². The Labute approximate surface area is 99.7 Å². The molecule has 5 heteroatoms. The third-order valence-corrected chi connectivity index (χ3v) is 2.30. The molecule has 17 heavy (non-hydrogen) atoms. The molecule has 2 N–H and O–H groups in total. The van der Waals surface area contributed by atoms with Gasteiger partial charge >= 0.3 is 0 Å². The van der Waals surface area contributed by atoms with Crippen LogP contribution in [-0.2, 0) is 0 Å². The van der Waals surface area contributed by atoms with Crippen LogP contribution < -0.4 is 10.6 Å². The van der Waals surface area contributed by atoms with E-state index in [9.17, 15) is 4.79 Å². The van der Waals surface area contributed by atoms with Crippen LogP contribution in [-0.4, -0.2) is 18.9 Å². The number of carbonyl (C=O) groups is 1. The monoisotopic (exact) mass is 228 g/mol. The number of hydrogen-bond acceptors (Lipinski definition) is 5. The molecule has 5 nitrogen and oxygen atoms in total. The van der Waals surface area contributed by atoms with Crippen molar-refractivity contribution in [1.29, 1.82) is 10.5 Å². The number of nitriles is 2. The van der Waals surface area contributed by atoms with Crippen LogP contribution >= 0.6 is 0 Å². The molecular formula is C12H12N4O. The van der Waals surface area contributed by atoms with Crippen molar-refractivity contribution in [3.63, 3.8) is 0 Å². The summed E-state index contributed by atoms with van der Waals surface area (Å²) in [5, 5.41) is 17.3. The maximum atomic E-state index is 11.2. The van der Waals surface area contributed by atoms with Gasteiger partial charge in [0.15, 0.2) is 5.78 Å². The topological polar surface area (TPSA) is 93.9 Å². The predicted octanol–water partition coefficient (Wildman–Crippen LogP) is 1.32. The van der Waals surface area contributed by atoms with Crippen molar-refractivity contribution in [3.8, 4) is 12.1 Å². The Morgan fingerprint density at radius 3 is 2.35 bits per heavy atom. The molecule has 0 radical (unpaired) electrons. The van der Waals surface area contributed by atoms with E-state index in [1.165, 1.54) is 6.92 Å². The van der Waals surface area contributed by atoms with E-state index in [4.69, 9.17) is 16.3 Å². The van der Waals surface area contributed by atoms with E-state index >= 15 is 0 Å². The zero-order chi connectivity index (χ0) is 12.8. The van der Waals surface area contributed by atoms with Crippen molar-refractivity contribution in [2.45, 2.75) is 6.92 Å². The second kappa shape index (κ2) is 5.53. The number of rotatable bonds is 4. The number of ketones is 1. The van der Waals surface area contributed by atoms with E-state index in [0.29, 0.717) is 16.9 Å². The molecule has 0 bridgehead atoms. The van der Waals surface area contributed by atoms with Crippen LogP contribution in [0.1, 0.15) is 17.3 Å². The number of benzene rings is 1. The first-order chi connectivity index (χ1) is 8.10. The van der Waals surface area contributed by atoms with E-state index in [-0.39, 0.29) is 18.9 Å². The van der Waals surface area contributed by atoms with Gasteiger partial charge in [-0.25, -0.2) is 0 Å². The molecule has 0 saturated heterocycles. The highest BCUT2D eigenvalue weighted by atomic mass is 16.1. The predicted molar refractivity (Wildman–Crippen MR) is 64.3 cm³/mol. The Morgan fingerprint density at radius 2 is 1.94 bits per heavy atom. The van der Waals surface area contributed by atoms with Gasteiger partial charge in [0, 0.05) is 16.9 Å². The molecular weight excluding hydrogens is 216 g/mol. The molecule has 0 saturated carbocycles. The molecule has 0 heterocycles. The van der Waals surface area contributed by atoms with Crippen molar-refractivity contribution in [3.05, 3.63) is 23.8 Å². The molecule has 0 spiro atoms. The highest BCUT2D eigenvalue weighted by Gasteiger charge is 2.09. The van der Waals surface area contributed by atoms with E-state index in [1.54, 1.807) is 23.1 Å². The quantitative estimate of drug-likeness (QED) is 0.476. The average Bonchev–Trinajstić information content (AvgIpc) is 2.28. The van der Waals surface area contributed by atoms with E-state index < -0.39 is 0 Å². The summed E-state index contributed by atoms with van der Waals surface area (Å²) < 4.78 is 0. The van der Waals surface area contributed by atoms with Gasteiger partial charge in [-0.3, -0.25) is 4.79 Å². The standard InChI is InChI=1S/C12H12N4O/c1-9(17)11-3-2-10(8-12(11)15)16(6-4-13)7-5-14/h2-3,8H,6-7,15H2,1H3. The van der Waals surface area contributed by atoms with Gasteiger partial charge in [0.2, 0.25) is 0 Å². The highest BCUT2D eigenvalue weighted by molar-refractivity contribution is 5.99. The van der Waals surface area contributed by atoms with Gasteiger partial charge in [0.25, 0.3) is 0 Å². The summed E-state index contributed by atoms with van der Waals surface area (Å²) in [6.07, 6.45) is 0. The lowest BCUT2D eigenvalue weighted by Gasteiger charge is -2.18. The number of carbonyl (C=O) groups excluding carboxylic acids is 1. The first-order valence-corrected chi connectivity index (χ1v) is 4.99. The molecule has 0 aliphatic heterocycles. The van der Waals surface area contributed by atoms with Crippen LogP contribution in [0.4, 0.5) is 11.4 Å². The Kier molecular flexibility index (Phi) is 4.08. The third kappa shape index (κ3) is 2.96. The van der Waals surface area contributed by atoms with Gasteiger partial charge in [-0.15, -0.1) is 0 Å². The Balaban J connectivity index is 3.07. The van der Waals surface area contributed by atoms with Crippen LogP contribution in [0.5, 0.6) is 0 Å². The van der Waals surface area contributed by atoms with Crippen LogP contribution in [0, 0.1) is 22.7 Å². The summed E-state index contributed by atoms with van der Waals surface area (Å²) in [4.78, 5) is 12.8. The van der Waals surface area contributed by atoms with Crippen molar-refractivity contribution >= 4 is 17.2 Å². The molecule has 1 aromatic carbocycles. The molecule has 0 aliphatic rings. The minimum atomic E-state index is -0.110. The Bertz CT molecular complexity index is 494. The molecule has 86 valence electrons. The lowest BCUT2D eigenvalue weighted by molar-refractivity contribution is 0.101. The number of Topliss-reactive ketones (excluding diaryl/α,β-unsaturated/α-hetero) is 1. The first-order valence-electron chi connectivity index (χ1n) is 4.99. The number of nitrogen functional groups attached to an aromatic ring is 1. The number of nitrogens with two attached hydrogens (primary N) is 1. The normalized spacial score (nSPS) is 9.12. The number of nitrogens with zero attached hydrogens (tertiary/aromatic N) is 3. The lowest BCUT2D eigenvalue weighted by Crippen LogP contribution is -2.24. The number of hydrogen-bond donors (Lipinski definition) is 1. The zero-order valence-corrected chi connectivity index (χ0v) is 9.47. The molecule has 0 amide bonds. The van der Waals surface area contributed by atoms with Crippen LogP contribution in [0.15, 0.2) is 18.2 Å². The van der Waals surface area contributed by atoms with E-state index in [1.807, 2.05) is 12.1 Å². The second-order valence-electron chi connectivity index (χ2n) is 3.50. The Morgan fingerprint density at radius 1 is 1.35 bits per heavy atom. The molecule has 0 unspecified atom stereocenters. The Hall–Kier alpha value is -2.53. The maximum Gasteiger partial charge on any atom is 0.161 e. The summed E-state index contributed by atoms with van der Waals surface area (Å²) in [5.41, 5.74) is 7.21. The van der Waals surface area contributed by atoms with Crippen molar-refractivity contribution in [1.82, 2.24) is 0 Å². The van der Waals surface area contributed by atoms with Gasteiger partial charge < -0.3 is 10.6 Å². The highest BCUT2D eigenvalue weighted by Crippen LogP contribution is 2.21. The average molecular weight is 228 g/mol. The fourth-order valence-corrected chi connectivity index (χ4v) is 1.48. The molecule has 0 atom stereocenters. The number of anilines is 2. The smallest absolute Gasteiger partial charge is 0.161 e. The summed E-state index contributed by atoms with van der Waals surface area (Å²) in [6.45, 7) is 1.65. The third-order valence-electron chi connectivity index (χ3n) is 2.30. The summed E-state index contributed by atoms with van der Waals surface area (Å²) in [6, 6.07) is 8.84. The van der Waals surface area contributed by atoms with Gasteiger partial charge in [-0.1, -0.05) is 0 Å². The largest absolute Gasteiger partial charge is 0.398 e. The minimum absolute atomic E-state index is 0.104. The lowest BCUT2D eigenvalue weighted by atomic mass is 10.1. The van der Waals surface area contributed by atoms with Crippen molar-refractivity contribution < 1.29 is 4.79 Å².